The number of aryl methyl sites for hydroxylation is 2. The van der Waals surface area contributed by atoms with Crippen LogP contribution in [0.5, 0.6) is 0 Å². The van der Waals surface area contributed by atoms with Gasteiger partial charge in [0.1, 0.15) is 12.4 Å². The molecule has 1 atom stereocenters. The van der Waals surface area contributed by atoms with Crippen LogP contribution in [0.2, 0.25) is 0 Å². The Morgan fingerprint density at radius 1 is 1.36 bits per heavy atom. The van der Waals surface area contributed by atoms with Crippen molar-refractivity contribution in [2.45, 2.75) is 26.3 Å². The lowest BCUT2D eigenvalue weighted by molar-refractivity contribution is -0.117. The molecular weight excluding hydrogens is 302 g/mol. The highest BCUT2D eigenvalue weighted by atomic mass is 32.2. The van der Waals surface area contributed by atoms with Gasteiger partial charge in [-0.05, 0) is 38.3 Å². The molecule has 0 unspecified atom stereocenters. The summed E-state index contributed by atoms with van der Waals surface area (Å²) in [6, 6.07) is 1.44. The summed E-state index contributed by atoms with van der Waals surface area (Å²) in [6.45, 7) is 3.79. The van der Waals surface area contributed by atoms with E-state index < -0.39 is 6.04 Å². The predicted octanol–water partition coefficient (Wildman–Crippen LogP) is 1.38. The first-order valence-corrected chi connectivity index (χ1v) is 8.22. The van der Waals surface area contributed by atoms with Gasteiger partial charge in [0.2, 0.25) is 17.8 Å². The summed E-state index contributed by atoms with van der Waals surface area (Å²) >= 11 is 1.68. The van der Waals surface area contributed by atoms with Crippen LogP contribution in [-0.2, 0) is 4.79 Å². The van der Waals surface area contributed by atoms with Gasteiger partial charge in [0.15, 0.2) is 0 Å². The first kappa shape index (κ1) is 16.2. The summed E-state index contributed by atoms with van der Waals surface area (Å²) in [5.41, 5.74) is 1.71. The van der Waals surface area contributed by atoms with Crippen molar-refractivity contribution in [2.24, 2.45) is 0 Å². The highest BCUT2D eigenvalue weighted by Gasteiger charge is 2.20. The average molecular weight is 321 g/mol. The molecule has 2 rings (SSSR count). The van der Waals surface area contributed by atoms with Crippen LogP contribution in [0.15, 0.2) is 12.4 Å². The molecule has 0 saturated heterocycles. The van der Waals surface area contributed by atoms with Gasteiger partial charge in [0, 0.05) is 11.4 Å². The minimum atomic E-state index is -0.446. The number of thioether (sulfide) groups is 1. The maximum absolute atomic E-state index is 12.4. The molecule has 0 bridgehead atoms. The standard InChI is InChI=1S/C13H19N7OS/c1-8-6-9(2)17-13(16-8)18-10(4-5-22-3)11(21)19-12-14-7-15-20-12/h6-7,10H,4-5H2,1-3H3,(H,16,17,18)(H2,14,15,19,20,21)/t10-/m0/s1. The van der Waals surface area contributed by atoms with Crippen LogP contribution in [0.25, 0.3) is 0 Å². The molecule has 2 heterocycles. The number of hydrogen-bond donors (Lipinski definition) is 3. The van der Waals surface area contributed by atoms with Crippen LogP contribution in [0.3, 0.4) is 0 Å². The van der Waals surface area contributed by atoms with Gasteiger partial charge in [-0.2, -0.15) is 21.8 Å². The topological polar surface area (TPSA) is 108 Å². The fraction of sp³-hybridized carbons (Fsp3) is 0.462. The molecule has 0 aromatic carbocycles. The van der Waals surface area contributed by atoms with Gasteiger partial charge in [-0.15, -0.1) is 0 Å². The minimum Gasteiger partial charge on any atom is -0.342 e. The van der Waals surface area contributed by atoms with E-state index in [0.717, 1.165) is 17.1 Å². The van der Waals surface area contributed by atoms with Gasteiger partial charge in [-0.1, -0.05) is 0 Å². The first-order chi connectivity index (χ1) is 10.6. The van der Waals surface area contributed by atoms with E-state index >= 15 is 0 Å². The van der Waals surface area contributed by atoms with Crippen LogP contribution in [0, 0.1) is 13.8 Å². The second-order valence-corrected chi connectivity index (χ2v) is 5.76. The van der Waals surface area contributed by atoms with E-state index in [4.69, 9.17) is 0 Å². The molecule has 2 aromatic rings. The van der Waals surface area contributed by atoms with E-state index in [1.54, 1.807) is 11.8 Å². The molecular formula is C13H19N7OS. The summed E-state index contributed by atoms with van der Waals surface area (Å²) in [5, 5.41) is 12.1. The second kappa shape index (κ2) is 7.74. The van der Waals surface area contributed by atoms with Gasteiger partial charge in [0.25, 0.3) is 0 Å². The second-order valence-electron chi connectivity index (χ2n) is 4.78. The number of aromatic nitrogens is 5. The Balaban J connectivity index is 2.09. The third-order valence-electron chi connectivity index (χ3n) is 2.87. The van der Waals surface area contributed by atoms with Gasteiger partial charge in [0.05, 0.1) is 0 Å². The highest BCUT2D eigenvalue weighted by Crippen LogP contribution is 2.10. The predicted molar refractivity (Wildman–Crippen MR) is 86.9 cm³/mol. The summed E-state index contributed by atoms with van der Waals surface area (Å²) in [7, 11) is 0. The molecule has 0 spiro atoms. The zero-order chi connectivity index (χ0) is 15.9. The molecule has 0 aliphatic carbocycles. The Morgan fingerprint density at radius 3 is 2.68 bits per heavy atom. The third kappa shape index (κ3) is 4.69. The molecule has 0 saturated carbocycles. The Kier molecular flexibility index (Phi) is 5.70. The molecule has 0 aliphatic heterocycles. The third-order valence-corrected chi connectivity index (χ3v) is 3.51. The lowest BCUT2D eigenvalue weighted by atomic mass is 10.2. The van der Waals surface area contributed by atoms with E-state index in [0.29, 0.717) is 18.3 Å². The molecule has 9 heteroatoms. The van der Waals surface area contributed by atoms with Crippen LogP contribution in [0.4, 0.5) is 11.9 Å². The lowest BCUT2D eigenvalue weighted by Gasteiger charge is -2.17. The van der Waals surface area contributed by atoms with Crippen molar-refractivity contribution in [3.8, 4) is 0 Å². The van der Waals surface area contributed by atoms with Crippen molar-refractivity contribution in [3.05, 3.63) is 23.8 Å². The summed E-state index contributed by atoms with van der Waals surface area (Å²) in [4.78, 5) is 24.9. The van der Waals surface area contributed by atoms with Crippen LogP contribution >= 0.6 is 11.8 Å². The van der Waals surface area contributed by atoms with E-state index in [2.05, 4.69) is 35.8 Å². The van der Waals surface area contributed by atoms with Crippen molar-refractivity contribution in [1.82, 2.24) is 25.1 Å². The number of amides is 1. The molecule has 0 aliphatic rings. The quantitative estimate of drug-likeness (QED) is 0.707. The minimum absolute atomic E-state index is 0.200. The van der Waals surface area contributed by atoms with Gasteiger partial charge in [-0.3, -0.25) is 10.1 Å². The number of rotatable bonds is 7. The number of hydrogen-bond acceptors (Lipinski definition) is 7. The fourth-order valence-corrected chi connectivity index (χ4v) is 2.39. The van der Waals surface area contributed by atoms with Crippen molar-refractivity contribution in [2.75, 3.05) is 22.6 Å². The molecule has 1 amide bonds. The largest absolute Gasteiger partial charge is 0.342 e. The number of nitrogens with zero attached hydrogens (tertiary/aromatic N) is 4. The Bertz CT molecular complexity index is 597. The van der Waals surface area contributed by atoms with Gasteiger partial charge in [-0.25, -0.2) is 15.1 Å². The molecule has 0 fully saturated rings. The zero-order valence-electron chi connectivity index (χ0n) is 12.8. The van der Waals surface area contributed by atoms with Gasteiger partial charge >= 0.3 is 0 Å². The van der Waals surface area contributed by atoms with E-state index in [1.807, 2.05) is 26.2 Å². The molecule has 118 valence electrons. The van der Waals surface area contributed by atoms with Crippen molar-refractivity contribution in [3.63, 3.8) is 0 Å². The van der Waals surface area contributed by atoms with Gasteiger partial charge < -0.3 is 5.32 Å². The summed E-state index contributed by atoms with van der Waals surface area (Å²) in [5.74, 6) is 1.42. The molecule has 22 heavy (non-hydrogen) atoms. The number of carbonyl (C=O) groups is 1. The molecule has 3 N–H and O–H groups in total. The Labute approximate surface area is 132 Å². The van der Waals surface area contributed by atoms with Crippen LogP contribution < -0.4 is 10.6 Å². The summed E-state index contributed by atoms with van der Waals surface area (Å²) < 4.78 is 0. The fourth-order valence-electron chi connectivity index (χ4n) is 1.92. The number of carbonyl (C=O) groups excluding carboxylic acids is 1. The monoisotopic (exact) mass is 321 g/mol. The van der Waals surface area contributed by atoms with E-state index in [9.17, 15) is 4.79 Å². The lowest BCUT2D eigenvalue weighted by Crippen LogP contribution is -2.36. The molecule has 0 radical (unpaired) electrons. The maximum atomic E-state index is 12.4. The normalized spacial score (nSPS) is 12.0. The van der Waals surface area contributed by atoms with Crippen LogP contribution in [0.1, 0.15) is 17.8 Å². The van der Waals surface area contributed by atoms with Crippen LogP contribution in [-0.4, -0.2) is 49.1 Å². The van der Waals surface area contributed by atoms with Crippen molar-refractivity contribution >= 4 is 29.6 Å². The summed E-state index contributed by atoms with van der Waals surface area (Å²) in [6.07, 6.45) is 3.99. The molecule has 8 nitrogen and oxygen atoms in total. The SMILES string of the molecule is CSCC[C@H](Nc1nc(C)cc(C)n1)C(=O)Nc1ncn[nH]1. The number of nitrogens with one attached hydrogen (secondary N) is 3. The van der Waals surface area contributed by atoms with Crippen molar-refractivity contribution < 1.29 is 4.79 Å². The number of anilines is 2. The van der Waals surface area contributed by atoms with Crippen molar-refractivity contribution in [1.29, 1.82) is 0 Å². The highest BCUT2D eigenvalue weighted by molar-refractivity contribution is 7.98. The first-order valence-electron chi connectivity index (χ1n) is 6.82. The Hall–Kier alpha value is -2.16. The van der Waals surface area contributed by atoms with E-state index in [1.165, 1.54) is 6.33 Å². The zero-order valence-corrected chi connectivity index (χ0v) is 13.6. The smallest absolute Gasteiger partial charge is 0.249 e. The number of H-pyrrole nitrogens is 1. The Morgan fingerprint density at radius 2 is 2.09 bits per heavy atom. The van der Waals surface area contributed by atoms with E-state index in [-0.39, 0.29) is 5.91 Å². The molecule has 2 aromatic heterocycles. The maximum Gasteiger partial charge on any atom is 0.249 e. The average Bonchev–Trinajstić information content (AvgIpc) is 2.95. The number of aromatic amines is 1.